The van der Waals surface area contributed by atoms with Crippen LogP contribution < -0.4 is 0 Å². The summed E-state index contributed by atoms with van der Waals surface area (Å²) in [5.74, 6) is 0.723. The van der Waals surface area contributed by atoms with Gasteiger partial charge in [-0.15, -0.1) is 0 Å². The average Bonchev–Trinajstić information content (AvgIpc) is 2.80. The summed E-state index contributed by atoms with van der Waals surface area (Å²) in [4.78, 5) is 12.3. The first-order valence-corrected chi connectivity index (χ1v) is 11.6. The maximum atomic E-state index is 12.3. The van der Waals surface area contributed by atoms with Crippen LogP contribution in [-0.2, 0) is 11.2 Å². The van der Waals surface area contributed by atoms with E-state index in [9.17, 15) is 4.79 Å². The Kier molecular flexibility index (Phi) is 7.01. The van der Waals surface area contributed by atoms with Gasteiger partial charge in [0.15, 0.2) is 0 Å². The van der Waals surface area contributed by atoms with Crippen molar-refractivity contribution in [1.29, 1.82) is 0 Å². The van der Waals surface area contributed by atoms with Crippen LogP contribution in [0.4, 0.5) is 0 Å². The van der Waals surface area contributed by atoms with Crippen LogP contribution >= 0.6 is 15.9 Å². The van der Waals surface area contributed by atoms with Gasteiger partial charge in [0, 0.05) is 4.47 Å². The smallest absolute Gasteiger partial charge is 0.338 e. The molecule has 0 saturated carbocycles. The highest BCUT2D eigenvalue weighted by molar-refractivity contribution is 9.10. The molecule has 3 heteroatoms. The molecule has 3 aromatic carbocycles. The standard InChI is InChI=1S/C27H27BrO2/c28-23-17-15-22(16-18-23)27(29)30-19-7-14-25(20-8-2-1-3-9-20)26-13-6-11-21-10-4-5-12-24(21)26/h1-5,8-10,12,15-18,25-26H,6-7,11,13-14,19H2/t25-,26+/m0/s1. The molecule has 0 heterocycles. The molecular formula is C27H27BrO2. The van der Waals surface area contributed by atoms with Gasteiger partial charge in [0.05, 0.1) is 12.2 Å². The Morgan fingerprint density at radius 2 is 1.70 bits per heavy atom. The topological polar surface area (TPSA) is 26.3 Å². The fourth-order valence-electron chi connectivity index (χ4n) is 4.65. The van der Waals surface area contributed by atoms with Crippen LogP contribution in [0.2, 0.25) is 0 Å². The van der Waals surface area contributed by atoms with Gasteiger partial charge in [-0.25, -0.2) is 4.79 Å². The first kappa shape index (κ1) is 20.9. The zero-order valence-electron chi connectivity index (χ0n) is 17.1. The summed E-state index contributed by atoms with van der Waals surface area (Å²) in [5.41, 5.74) is 4.98. The van der Waals surface area contributed by atoms with E-state index in [1.165, 1.54) is 36.0 Å². The summed E-state index contributed by atoms with van der Waals surface area (Å²) in [7, 11) is 0. The average molecular weight is 463 g/mol. The van der Waals surface area contributed by atoms with Crippen molar-refractivity contribution in [2.24, 2.45) is 0 Å². The molecule has 0 aliphatic heterocycles. The molecule has 0 radical (unpaired) electrons. The van der Waals surface area contributed by atoms with Crippen LogP contribution in [0.3, 0.4) is 0 Å². The van der Waals surface area contributed by atoms with Gasteiger partial charge in [-0.05, 0) is 84.9 Å². The van der Waals surface area contributed by atoms with Crippen LogP contribution in [0.1, 0.15) is 64.6 Å². The number of carbonyl (C=O) groups excluding carboxylic acids is 1. The molecule has 0 N–H and O–H groups in total. The lowest BCUT2D eigenvalue weighted by Crippen LogP contribution is -2.18. The van der Waals surface area contributed by atoms with Crippen molar-refractivity contribution in [2.75, 3.05) is 6.61 Å². The van der Waals surface area contributed by atoms with E-state index in [1.807, 2.05) is 12.1 Å². The lowest BCUT2D eigenvalue weighted by Gasteiger charge is -2.33. The monoisotopic (exact) mass is 462 g/mol. The van der Waals surface area contributed by atoms with Crippen LogP contribution in [0.25, 0.3) is 0 Å². The number of carbonyl (C=O) groups is 1. The van der Waals surface area contributed by atoms with Crippen LogP contribution in [0, 0.1) is 0 Å². The molecule has 0 saturated heterocycles. The highest BCUT2D eigenvalue weighted by Gasteiger charge is 2.28. The fraction of sp³-hybridized carbons (Fsp3) is 0.296. The molecule has 0 spiro atoms. The van der Waals surface area contributed by atoms with Gasteiger partial charge in [-0.2, -0.15) is 0 Å². The van der Waals surface area contributed by atoms with Gasteiger partial charge in [0.25, 0.3) is 0 Å². The zero-order valence-corrected chi connectivity index (χ0v) is 18.7. The molecule has 30 heavy (non-hydrogen) atoms. The third-order valence-electron chi connectivity index (χ3n) is 6.10. The minimum atomic E-state index is -0.248. The van der Waals surface area contributed by atoms with Crippen LogP contribution in [0.15, 0.2) is 83.3 Å². The third-order valence-corrected chi connectivity index (χ3v) is 6.63. The van der Waals surface area contributed by atoms with Crippen molar-refractivity contribution in [3.8, 4) is 0 Å². The summed E-state index contributed by atoms with van der Waals surface area (Å²) >= 11 is 3.39. The van der Waals surface area contributed by atoms with Crippen molar-refractivity contribution < 1.29 is 9.53 Å². The number of aryl methyl sites for hydroxylation is 1. The lowest BCUT2D eigenvalue weighted by molar-refractivity contribution is 0.0495. The molecule has 0 fully saturated rings. The van der Waals surface area contributed by atoms with E-state index in [4.69, 9.17) is 4.74 Å². The summed E-state index contributed by atoms with van der Waals surface area (Å²) < 4.78 is 6.51. The van der Waals surface area contributed by atoms with Gasteiger partial charge in [0.2, 0.25) is 0 Å². The van der Waals surface area contributed by atoms with Crippen LogP contribution in [-0.4, -0.2) is 12.6 Å². The quantitative estimate of drug-likeness (QED) is 0.272. The Balaban J connectivity index is 1.43. The second-order valence-corrected chi connectivity index (χ2v) is 8.92. The van der Waals surface area contributed by atoms with E-state index in [0.29, 0.717) is 24.0 Å². The second-order valence-electron chi connectivity index (χ2n) is 8.00. The molecule has 2 atom stereocenters. The number of rotatable bonds is 7. The zero-order chi connectivity index (χ0) is 20.8. The van der Waals surface area contributed by atoms with Crippen molar-refractivity contribution in [1.82, 2.24) is 0 Å². The first-order chi connectivity index (χ1) is 14.7. The molecule has 0 amide bonds. The molecule has 2 nitrogen and oxygen atoms in total. The van der Waals surface area contributed by atoms with E-state index in [0.717, 1.165) is 17.3 Å². The maximum Gasteiger partial charge on any atom is 0.338 e. The minimum Gasteiger partial charge on any atom is -0.462 e. The van der Waals surface area contributed by atoms with E-state index >= 15 is 0 Å². The Hall–Kier alpha value is -2.39. The van der Waals surface area contributed by atoms with Gasteiger partial charge >= 0.3 is 5.97 Å². The van der Waals surface area contributed by atoms with Crippen molar-refractivity contribution in [3.05, 3.63) is 106 Å². The van der Waals surface area contributed by atoms with Gasteiger partial charge in [0.1, 0.15) is 0 Å². The minimum absolute atomic E-state index is 0.248. The van der Waals surface area contributed by atoms with E-state index < -0.39 is 0 Å². The SMILES string of the molecule is O=C(OCCC[C@@H](c1ccccc1)[C@@H]1CCCc2ccccc21)c1ccc(Br)cc1. The maximum absolute atomic E-state index is 12.3. The van der Waals surface area contributed by atoms with Gasteiger partial charge in [-0.3, -0.25) is 0 Å². The highest BCUT2D eigenvalue weighted by Crippen LogP contribution is 2.43. The number of halogens is 1. The highest BCUT2D eigenvalue weighted by atomic mass is 79.9. The molecule has 1 aliphatic rings. The molecule has 1 aliphatic carbocycles. The molecule has 0 bridgehead atoms. The number of benzene rings is 3. The Bertz CT molecular complexity index is 966. The number of esters is 1. The lowest BCUT2D eigenvalue weighted by atomic mass is 9.72. The first-order valence-electron chi connectivity index (χ1n) is 10.8. The van der Waals surface area contributed by atoms with Crippen molar-refractivity contribution in [2.45, 2.75) is 43.9 Å². The summed E-state index contributed by atoms with van der Waals surface area (Å²) in [6.45, 7) is 0.451. The van der Waals surface area contributed by atoms with E-state index in [-0.39, 0.29) is 5.97 Å². The van der Waals surface area contributed by atoms with Crippen molar-refractivity contribution in [3.63, 3.8) is 0 Å². The molecule has 0 unspecified atom stereocenters. The molecule has 3 aromatic rings. The molecule has 154 valence electrons. The third kappa shape index (κ3) is 5.02. The number of ether oxygens (including phenoxy) is 1. The fourth-order valence-corrected chi connectivity index (χ4v) is 4.91. The van der Waals surface area contributed by atoms with Crippen molar-refractivity contribution >= 4 is 21.9 Å². The Morgan fingerprint density at radius 3 is 2.50 bits per heavy atom. The largest absolute Gasteiger partial charge is 0.462 e. The second kappa shape index (κ2) is 10.1. The number of fused-ring (bicyclic) bond motifs is 1. The summed E-state index contributed by atoms with van der Waals surface area (Å²) in [6.07, 6.45) is 5.51. The predicted octanol–water partition coefficient (Wildman–Crippen LogP) is 7.29. The molecule has 4 rings (SSSR count). The Labute approximate surface area is 187 Å². The number of hydrogen-bond acceptors (Lipinski definition) is 2. The normalized spacial score (nSPS) is 16.5. The van der Waals surface area contributed by atoms with Gasteiger partial charge < -0.3 is 4.74 Å². The molecular weight excluding hydrogens is 436 g/mol. The van der Waals surface area contributed by atoms with Gasteiger partial charge in [-0.1, -0.05) is 70.5 Å². The summed E-state index contributed by atoms with van der Waals surface area (Å²) in [6, 6.07) is 27.0. The van der Waals surface area contributed by atoms with E-state index in [1.54, 1.807) is 12.1 Å². The predicted molar refractivity (Wildman–Crippen MR) is 125 cm³/mol. The van der Waals surface area contributed by atoms with E-state index in [2.05, 4.69) is 70.5 Å². The summed E-state index contributed by atoms with van der Waals surface area (Å²) in [5, 5.41) is 0. The van der Waals surface area contributed by atoms with Crippen LogP contribution in [0.5, 0.6) is 0 Å². The molecule has 0 aromatic heterocycles. The number of hydrogen-bond donors (Lipinski definition) is 0. The Morgan fingerprint density at radius 1 is 0.967 bits per heavy atom.